The number of nitrogens with one attached hydrogen (secondary N) is 2. The largest absolute Gasteiger partial charge is 0.511 e. The lowest BCUT2D eigenvalue weighted by Gasteiger charge is -2.30. The van der Waals surface area contributed by atoms with Crippen molar-refractivity contribution in [3.8, 4) is 0 Å². The number of alkyl halides is 6. The van der Waals surface area contributed by atoms with Gasteiger partial charge < -0.3 is 11.5 Å². The van der Waals surface area contributed by atoms with Crippen molar-refractivity contribution in [2.75, 3.05) is 0 Å². The van der Waals surface area contributed by atoms with E-state index in [0.717, 1.165) is 33.7 Å². The van der Waals surface area contributed by atoms with E-state index < -0.39 is 113 Å². The summed E-state index contributed by atoms with van der Waals surface area (Å²) in [6.07, 6.45) is 0. The molecular formula is C30H22F14N4O4S2. The molecule has 0 heterocycles. The van der Waals surface area contributed by atoms with Gasteiger partial charge in [0.2, 0.25) is 0 Å². The van der Waals surface area contributed by atoms with Crippen LogP contribution in [0.15, 0.2) is 72.8 Å². The Morgan fingerprint density at radius 3 is 0.852 bits per heavy atom. The SMILES string of the molecule is N[C@H](c1ccc(F)cc1F)[C@H](N)c1ccc(F)cc1F.O=S(=O)(N[C@H](c1ccc(F)cc1F)[C@H](NS(=O)(=O)C(F)(F)F)c1ccc(F)cc1F)C(F)(F)F. The van der Waals surface area contributed by atoms with Gasteiger partial charge in [-0.3, -0.25) is 0 Å². The molecule has 0 aliphatic heterocycles. The van der Waals surface area contributed by atoms with Gasteiger partial charge in [-0.05, 0) is 24.3 Å². The summed E-state index contributed by atoms with van der Waals surface area (Å²) in [7, 11) is -13.1. The summed E-state index contributed by atoms with van der Waals surface area (Å²) in [6, 6.07) is -1.19. The summed E-state index contributed by atoms with van der Waals surface area (Å²) in [6.45, 7) is 0. The smallest absolute Gasteiger partial charge is 0.322 e. The number of sulfonamides is 2. The Labute approximate surface area is 295 Å². The zero-order chi connectivity index (χ0) is 41.1. The molecule has 0 spiro atoms. The van der Waals surface area contributed by atoms with E-state index in [1.807, 2.05) is 0 Å². The average Bonchev–Trinajstić information content (AvgIpc) is 3.02. The van der Waals surface area contributed by atoms with E-state index in [2.05, 4.69) is 0 Å². The first-order valence-corrected chi connectivity index (χ1v) is 17.1. The molecular weight excluding hydrogens is 810 g/mol. The number of benzene rings is 4. The van der Waals surface area contributed by atoms with E-state index in [9.17, 15) is 78.3 Å². The summed E-state index contributed by atoms with van der Waals surface area (Å²) in [5.74, 6) is -9.63. The molecule has 296 valence electrons. The molecule has 4 aromatic carbocycles. The molecule has 0 saturated carbocycles. The third-order valence-electron chi connectivity index (χ3n) is 7.13. The van der Waals surface area contributed by atoms with Crippen LogP contribution in [0, 0.1) is 46.5 Å². The maximum atomic E-state index is 14.4. The molecule has 0 aliphatic carbocycles. The Hall–Kier alpha value is -4.36. The average molecular weight is 833 g/mol. The van der Waals surface area contributed by atoms with Crippen LogP contribution in [-0.2, 0) is 20.0 Å². The van der Waals surface area contributed by atoms with Crippen molar-refractivity contribution in [3.63, 3.8) is 0 Å². The highest BCUT2D eigenvalue weighted by Crippen LogP contribution is 2.38. The second-order valence-electron chi connectivity index (χ2n) is 10.8. The number of rotatable bonds is 10. The van der Waals surface area contributed by atoms with Gasteiger partial charge in [-0.1, -0.05) is 24.3 Å². The van der Waals surface area contributed by atoms with Gasteiger partial charge in [-0.2, -0.15) is 35.8 Å². The minimum absolute atomic E-state index is 0.0133. The summed E-state index contributed by atoms with van der Waals surface area (Å²) >= 11 is 0. The third kappa shape index (κ3) is 10.4. The van der Waals surface area contributed by atoms with Gasteiger partial charge in [0, 0.05) is 46.5 Å². The van der Waals surface area contributed by atoms with Gasteiger partial charge in [0.25, 0.3) is 0 Å². The van der Waals surface area contributed by atoms with Gasteiger partial charge in [-0.15, -0.1) is 0 Å². The van der Waals surface area contributed by atoms with E-state index in [1.54, 1.807) is 0 Å². The zero-order valence-corrected chi connectivity index (χ0v) is 27.8. The molecule has 0 saturated heterocycles. The monoisotopic (exact) mass is 832 g/mol. The lowest BCUT2D eigenvalue weighted by Crippen LogP contribution is -2.47. The van der Waals surface area contributed by atoms with Crippen molar-refractivity contribution in [2.24, 2.45) is 11.5 Å². The van der Waals surface area contributed by atoms with Crippen molar-refractivity contribution in [2.45, 2.75) is 35.2 Å². The van der Waals surface area contributed by atoms with Crippen LogP contribution in [0.4, 0.5) is 61.5 Å². The number of hydrogen-bond acceptors (Lipinski definition) is 6. The van der Waals surface area contributed by atoms with Crippen LogP contribution < -0.4 is 20.9 Å². The maximum Gasteiger partial charge on any atom is 0.511 e. The molecule has 24 heteroatoms. The Morgan fingerprint density at radius 2 is 0.648 bits per heavy atom. The van der Waals surface area contributed by atoms with Crippen molar-refractivity contribution < 1.29 is 78.3 Å². The van der Waals surface area contributed by atoms with Crippen LogP contribution in [0.3, 0.4) is 0 Å². The predicted octanol–water partition coefficient (Wildman–Crippen LogP) is 6.85. The quantitative estimate of drug-likeness (QED) is 0.129. The zero-order valence-electron chi connectivity index (χ0n) is 26.1. The summed E-state index contributed by atoms with van der Waals surface area (Å²) in [4.78, 5) is 0. The van der Waals surface area contributed by atoms with Crippen LogP contribution in [0.2, 0.25) is 0 Å². The molecule has 0 unspecified atom stereocenters. The van der Waals surface area contributed by atoms with E-state index in [-0.39, 0.29) is 35.4 Å². The molecule has 0 amide bonds. The Bertz CT molecular complexity index is 2050. The number of hydrogen-bond donors (Lipinski definition) is 4. The van der Waals surface area contributed by atoms with E-state index in [0.29, 0.717) is 24.3 Å². The standard InChI is InChI=1S/C16H10F10N2O4S2.C14H12F4N2/c17-7-1-3-9(11(19)5-7)13(27-33(29,30)15(21,22)23)14(28-34(31,32)16(24,25)26)10-4-2-8(18)6-12(10)20;15-7-1-3-9(11(17)5-7)13(19)14(20)10-4-2-8(16)6-12(10)18/h1-6,13-14,27-28H;1-6,13-14H,19-20H2/t2*13-,14-/m11/s1. The summed E-state index contributed by atoms with van der Waals surface area (Å²) in [5.41, 5.74) is -3.45. The maximum absolute atomic E-state index is 14.4. The molecule has 4 atom stereocenters. The molecule has 4 aromatic rings. The molecule has 4 rings (SSSR count). The van der Waals surface area contributed by atoms with Gasteiger partial charge in [0.1, 0.15) is 46.5 Å². The van der Waals surface area contributed by atoms with Crippen molar-refractivity contribution >= 4 is 20.0 Å². The Kier molecular flexibility index (Phi) is 13.5. The highest BCUT2D eigenvalue weighted by atomic mass is 32.2. The molecule has 0 bridgehead atoms. The minimum Gasteiger partial charge on any atom is -0.322 e. The first-order chi connectivity index (χ1) is 24.7. The van der Waals surface area contributed by atoms with Crippen molar-refractivity contribution in [1.29, 1.82) is 0 Å². The Balaban J connectivity index is 0.000000331. The lowest BCUT2D eigenvalue weighted by atomic mass is 9.94. The fourth-order valence-corrected chi connectivity index (χ4v) is 5.99. The highest BCUT2D eigenvalue weighted by molar-refractivity contribution is 7.90. The number of nitrogens with two attached hydrogens (primary N) is 2. The normalized spacial score (nSPS) is 14.8. The first kappa shape index (κ1) is 44.0. The van der Waals surface area contributed by atoms with Gasteiger partial charge in [0.15, 0.2) is 0 Å². The summed E-state index contributed by atoms with van der Waals surface area (Å²) < 4.78 is 234. The predicted molar refractivity (Wildman–Crippen MR) is 161 cm³/mol. The van der Waals surface area contributed by atoms with Gasteiger partial charge in [0.05, 0.1) is 24.2 Å². The van der Waals surface area contributed by atoms with E-state index in [1.165, 1.54) is 0 Å². The van der Waals surface area contributed by atoms with Crippen LogP contribution in [-0.4, -0.2) is 27.9 Å². The van der Waals surface area contributed by atoms with Crippen LogP contribution in [0.1, 0.15) is 46.4 Å². The topological polar surface area (TPSA) is 144 Å². The van der Waals surface area contributed by atoms with Crippen LogP contribution >= 0.6 is 0 Å². The molecule has 8 nitrogen and oxygen atoms in total. The molecule has 0 fully saturated rings. The molecule has 0 aliphatic rings. The minimum atomic E-state index is -6.56. The molecule has 54 heavy (non-hydrogen) atoms. The van der Waals surface area contributed by atoms with E-state index in [4.69, 9.17) is 11.5 Å². The third-order valence-corrected chi connectivity index (χ3v) is 9.48. The fraction of sp³-hybridized carbons (Fsp3) is 0.200. The van der Waals surface area contributed by atoms with Gasteiger partial charge >= 0.3 is 31.1 Å². The second kappa shape index (κ2) is 16.6. The lowest BCUT2D eigenvalue weighted by molar-refractivity contribution is -0.0466. The van der Waals surface area contributed by atoms with Crippen molar-refractivity contribution in [3.05, 3.63) is 142 Å². The Morgan fingerprint density at radius 1 is 0.426 bits per heavy atom. The molecule has 0 radical (unpaired) electrons. The fourth-order valence-electron chi connectivity index (χ4n) is 4.53. The highest BCUT2D eigenvalue weighted by Gasteiger charge is 2.52. The van der Waals surface area contributed by atoms with Crippen LogP contribution in [0.25, 0.3) is 0 Å². The first-order valence-electron chi connectivity index (χ1n) is 14.1. The molecule has 0 aromatic heterocycles. The van der Waals surface area contributed by atoms with Crippen molar-refractivity contribution in [1.82, 2.24) is 9.44 Å². The van der Waals surface area contributed by atoms with E-state index >= 15 is 0 Å². The van der Waals surface area contributed by atoms with Gasteiger partial charge in [-0.25, -0.2) is 52.0 Å². The molecule has 6 N–H and O–H groups in total. The summed E-state index contributed by atoms with van der Waals surface area (Å²) in [5, 5.41) is 0. The van der Waals surface area contributed by atoms with Crippen LogP contribution in [0.5, 0.6) is 0 Å². The number of halogens is 14. The second-order valence-corrected chi connectivity index (χ2v) is 14.2.